The van der Waals surface area contributed by atoms with Gasteiger partial charge in [0, 0.05) is 29.3 Å². The summed E-state index contributed by atoms with van der Waals surface area (Å²) in [4.78, 5) is 17.9. The van der Waals surface area contributed by atoms with Gasteiger partial charge in [-0.05, 0) is 43.5 Å². The smallest absolute Gasteiger partial charge is 0.251 e. The normalized spacial score (nSPS) is 11.8. The van der Waals surface area contributed by atoms with Crippen molar-refractivity contribution in [3.63, 3.8) is 0 Å². The Bertz CT molecular complexity index is 1070. The van der Waals surface area contributed by atoms with Crippen LogP contribution >= 0.6 is 0 Å². The van der Waals surface area contributed by atoms with Gasteiger partial charge in [0.2, 0.25) is 0 Å². The van der Waals surface area contributed by atoms with Gasteiger partial charge in [-0.3, -0.25) is 4.79 Å². The van der Waals surface area contributed by atoms with Crippen LogP contribution in [0.3, 0.4) is 0 Å². The first-order valence-corrected chi connectivity index (χ1v) is 9.97. The van der Waals surface area contributed by atoms with E-state index in [4.69, 9.17) is 11.3 Å². The summed E-state index contributed by atoms with van der Waals surface area (Å²) in [7, 11) is 1.58. The van der Waals surface area contributed by atoms with E-state index in [9.17, 15) is 13.6 Å². The molecule has 0 bridgehead atoms. The van der Waals surface area contributed by atoms with Crippen molar-refractivity contribution in [3.8, 4) is 12.3 Å². The predicted molar refractivity (Wildman–Crippen MR) is 119 cm³/mol. The number of carbonyl (C=O) groups is 1. The van der Waals surface area contributed by atoms with Crippen molar-refractivity contribution in [2.24, 2.45) is 5.16 Å². The molecule has 4 nitrogen and oxygen atoms in total. The van der Waals surface area contributed by atoms with Crippen molar-refractivity contribution in [1.29, 1.82) is 0 Å². The number of hydrogen-bond donors (Lipinski definition) is 1. The Labute approximate surface area is 182 Å². The number of benzene rings is 2. The molecule has 0 unspecified atom stereocenters. The minimum absolute atomic E-state index is 0.0543. The van der Waals surface area contributed by atoms with Crippen LogP contribution in [0.15, 0.2) is 41.6 Å². The highest BCUT2D eigenvalue weighted by Crippen LogP contribution is 2.25. The Balaban J connectivity index is 2.36. The SMILES string of the molecule is C#Cc1cc(F)c(F)c(/C(C)=N/OCc2c(C)cccc2/C(=C/CCC)C(=O)NC)c1. The summed E-state index contributed by atoms with van der Waals surface area (Å²) >= 11 is 0. The van der Waals surface area contributed by atoms with E-state index < -0.39 is 11.6 Å². The van der Waals surface area contributed by atoms with Crippen LogP contribution < -0.4 is 5.32 Å². The van der Waals surface area contributed by atoms with Gasteiger partial charge in [0.1, 0.15) is 6.61 Å². The molecule has 0 aliphatic heterocycles. The molecular weight excluding hydrogens is 398 g/mol. The van der Waals surface area contributed by atoms with E-state index in [1.54, 1.807) is 7.05 Å². The third-order valence-corrected chi connectivity index (χ3v) is 4.80. The van der Waals surface area contributed by atoms with E-state index in [0.717, 1.165) is 35.6 Å². The van der Waals surface area contributed by atoms with E-state index in [2.05, 4.69) is 16.4 Å². The second-order valence-electron chi connectivity index (χ2n) is 7.00. The summed E-state index contributed by atoms with van der Waals surface area (Å²) in [5, 5.41) is 6.63. The van der Waals surface area contributed by atoms with Gasteiger partial charge in [0.25, 0.3) is 5.91 Å². The van der Waals surface area contributed by atoms with Crippen LogP contribution in [-0.4, -0.2) is 18.7 Å². The zero-order valence-electron chi connectivity index (χ0n) is 18.2. The van der Waals surface area contributed by atoms with E-state index in [1.165, 1.54) is 13.0 Å². The molecule has 0 radical (unpaired) electrons. The second-order valence-corrected chi connectivity index (χ2v) is 7.00. The lowest BCUT2D eigenvalue weighted by molar-refractivity contribution is -0.115. The van der Waals surface area contributed by atoms with Crippen LogP contribution in [0.1, 0.15) is 54.5 Å². The first-order valence-electron chi connectivity index (χ1n) is 9.97. The molecule has 0 saturated carbocycles. The number of likely N-dealkylation sites (N-methyl/N-ethyl adjacent to an activating group) is 1. The number of terminal acetylenes is 1. The summed E-state index contributed by atoms with van der Waals surface area (Å²) < 4.78 is 27.9. The Morgan fingerprint density at radius 1 is 1.29 bits per heavy atom. The lowest BCUT2D eigenvalue weighted by Crippen LogP contribution is -2.20. The molecule has 0 spiro atoms. The van der Waals surface area contributed by atoms with E-state index in [-0.39, 0.29) is 29.4 Å². The van der Waals surface area contributed by atoms with Crippen LogP contribution in [0.2, 0.25) is 0 Å². The molecule has 0 saturated heterocycles. The van der Waals surface area contributed by atoms with Crippen LogP contribution in [0.25, 0.3) is 5.57 Å². The predicted octanol–water partition coefficient (Wildman–Crippen LogP) is 5.12. The van der Waals surface area contributed by atoms with Crippen molar-refractivity contribution in [2.45, 2.75) is 40.2 Å². The molecule has 0 aliphatic carbocycles. The fourth-order valence-electron chi connectivity index (χ4n) is 3.07. The molecule has 1 N–H and O–H groups in total. The molecule has 0 atom stereocenters. The summed E-state index contributed by atoms with van der Waals surface area (Å²) in [6.07, 6.45) is 8.85. The topological polar surface area (TPSA) is 50.7 Å². The molecule has 162 valence electrons. The number of unbranched alkanes of at least 4 members (excludes halogenated alkanes) is 1. The maximum absolute atomic E-state index is 14.2. The summed E-state index contributed by atoms with van der Waals surface area (Å²) in [5.74, 6) is 0.0136. The highest BCUT2D eigenvalue weighted by molar-refractivity contribution is 6.19. The maximum Gasteiger partial charge on any atom is 0.251 e. The van der Waals surface area contributed by atoms with Crippen LogP contribution in [0, 0.1) is 30.9 Å². The lowest BCUT2D eigenvalue weighted by Gasteiger charge is -2.14. The monoisotopic (exact) mass is 424 g/mol. The minimum Gasteiger partial charge on any atom is -0.391 e. The molecule has 2 rings (SSSR count). The third-order valence-electron chi connectivity index (χ3n) is 4.80. The zero-order valence-corrected chi connectivity index (χ0v) is 18.2. The van der Waals surface area contributed by atoms with E-state index in [0.29, 0.717) is 5.57 Å². The molecule has 2 aromatic rings. The first-order chi connectivity index (χ1) is 14.8. The number of allylic oxidation sites excluding steroid dienone is 1. The van der Waals surface area contributed by atoms with Crippen molar-refractivity contribution in [3.05, 3.63) is 75.9 Å². The van der Waals surface area contributed by atoms with Crippen molar-refractivity contribution >= 4 is 17.2 Å². The lowest BCUT2D eigenvalue weighted by atomic mass is 9.95. The average molecular weight is 424 g/mol. The van der Waals surface area contributed by atoms with E-state index in [1.807, 2.05) is 38.1 Å². The van der Waals surface area contributed by atoms with E-state index >= 15 is 0 Å². The number of aryl methyl sites for hydroxylation is 1. The molecule has 0 aliphatic rings. The Morgan fingerprint density at radius 3 is 2.68 bits per heavy atom. The van der Waals surface area contributed by atoms with Gasteiger partial charge in [-0.2, -0.15) is 0 Å². The molecule has 1 amide bonds. The molecule has 2 aromatic carbocycles. The van der Waals surface area contributed by atoms with Gasteiger partial charge >= 0.3 is 0 Å². The molecule has 0 aromatic heterocycles. The minimum atomic E-state index is -1.04. The van der Waals surface area contributed by atoms with Gasteiger partial charge in [0.15, 0.2) is 11.6 Å². The number of halogens is 2. The van der Waals surface area contributed by atoms with Crippen molar-refractivity contribution in [1.82, 2.24) is 5.32 Å². The molecule has 31 heavy (non-hydrogen) atoms. The Morgan fingerprint density at radius 2 is 2.03 bits per heavy atom. The number of nitrogens with one attached hydrogen (secondary N) is 1. The van der Waals surface area contributed by atoms with Gasteiger partial charge in [-0.15, -0.1) is 6.42 Å². The van der Waals surface area contributed by atoms with Crippen LogP contribution in [0.4, 0.5) is 8.78 Å². The number of rotatable bonds is 8. The Kier molecular flexibility index (Phi) is 8.51. The average Bonchev–Trinajstić information content (AvgIpc) is 2.76. The number of carbonyl (C=O) groups excluding carboxylic acids is 1. The number of nitrogens with zero attached hydrogens (tertiary/aromatic N) is 1. The fourth-order valence-corrected chi connectivity index (χ4v) is 3.07. The summed E-state index contributed by atoms with van der Waals surface area (Å²) in [6, 6.07) is 7.93. The molecular formula is C25H26F2N2O2. The van der Waals surface area contributed by atoms with Crippen molar-refractivity contribution in [2.75, 3.05) is 7.05 Å². The largest absolute Gasteiger partial charge is 0.391 e. The van der Waals surface area contributed by atoms with Gasteiger partial charge in [-0.1, -0.05) is 48.7 Å². The first kappa shape index (κ1) is 23.8. The fraction of sp³-hybridized carbons (Fsp3) is 0.280. The van der Waals surface area contributed by atoms with Crippen LogP contribution in [0.5, 0.6) is 0 Å². The zero-order chi connectivity index (χ0) is 23.0. The molecule has 0 heterocycles. The highest BCUT2D eigenvalue weighted by Gasteiger charge is 2.17. The standard InChI is InChI=1S/C25H26F2N2O2/c1-6-8-11-20(25(30)28-5)19-12-9-10-16(3)22(19)15-31-29-17(4)21-13-18(7-2)14-23(26)24(21)27/h2,9-14H,6,8,15H2,1,3-5H3,(H,28,30)/b20-11-,29-17+. The molecule has 0 fully saturated rings. The summed E-state index contributed by atoms with van der Waals surface area (Å²) in [5.41, 5.74) is 3.30. The van der Waals surface area contributed by atoms with Gasteiger partial charge in [-0.25, -0.2) is 8.78 Å². The van der Waals surface area contributed by atoms with Crippen LogP contribution in [-0.2, 0) is 16.2 Å². The number of oxime groups is 1. The maximum atomic E-state index is 14.2. The van der Waals surface area contributed by atoms with Gasteiger partial charge in [0.05, 0.1) is 5.71 Å². The van der Waals surface area contributed by atoms with Gasteiger partial charge < -0.3 is 10.2 Å². The van der Waals surface area contributed by atoms with Crippen molar-refractivity contribution < 1.29 is 18.4 Å². The quantitative estimate of drug-likeness (QED) is 0.277. The third kappa shape index (κ3) is 5.79. The molecule has 6 heteroatoms. The highest BCUT2D eigenvalue weighted by atomic mass is 19.2. The Hall–Kier alpha value is -3.46. The second kappa shape index (κ2) is 11.1. The summed E-state index contributed by atoms with van der Waals surface area (Å²) in [6.45, 7) is 5.51. The number of hydrogen-bond acceptors (Lipinski definition) is 3. The number of amides is 1.